The number of nitrogens with one attached hydrogen (secondary N) is 1. The zero-order valence-electron chi connectivity index (χ0n) is 10.7. The molecule has 0 aliphatic carbocycles. The minimum absolute atomic E-state index is 0.149. The van der Waals surface area contributed by atoms with E-state index in [1.807, 2.05) is 25.2 Å². The van der Waals surface area contributed by atoms with Crippen LogP contribution in [0.4, 0.5) is 4.39 Å². The molecule has 0 bridgehead atoms. The van der Waals surface area contributed by atoms with Gasteiger partial charge in [-0.15, -0.1) is 0 Å². The average Bonchev–Trinajstić information content (AvgIpc) is 2.39. The van der Waals surface area contributed by atoms with Crippen LogP contribution in [0.5, 0.6) is 0 Å². The van der Waals surface area contributed by atoms with E-state index in [9.17, 15) is 4.39 Å². The predicted octanol–water partition coefficient (Wildman–Crippen LogP) is 4.81. The standard InChI is InChI=1S/C15H14BrFIN/c1-9-4-3-5-11(14(9)18)15(19-2)12-8-10(16)6-7-13(12)17/h3-8,15,19H,1-2H3. The number of aryl methyl sites for hydroxylation is 1. The molecule has 2 rings (SSSR count). The number of benzene rings is 2. The lowest BCUT2D eigenvalue weighted by Crippen LogP contribution is -2.20. The first-order chi connectivity index (χ1) is 9.04. The molecule has 0 aliphatic rings. The van der Waals surface area contributed by atoms with Gasteiger partial charge in [0.15, 0.2) is 0 Å². The van der Waals surface area contributed by atoms with Gasteiger partial charge in [-0.05, 0) is 65.9 Å². The Hall–Kier alpha value is -0.460. The minimum Gasteiger partial charge on any atom is -0.309 e. The van der Waals surface area contributed by atoms with Gasteiger partial charge in [0, 0.05) is 13.6 Å². The summed E-state index contributed by atoms with van der Waals surface area (Å²) in [4.78, 5) is 0. The van der Waals surface area contributed by atoms with Gasteiger partial charge < -0.3 is 5.32 Å². The quantitative estimate of drug-likeness (QED) is 0.685. The van der Waals surface area contributed by atoms with Crippen molar-refractivity contribution in [2.24, 2.45) is 0 Å². The monoisotopic (exact) mass is 433 g/mol. The van der Waals surface area contributed by atoms with Gasteiger partial charge in [-0.25, -0.2) is 4.39 Å². The molecule has 19 heavy (non-hydrogen) atoms. The summed E-state index contributed by atoms with van der Waals surface area (Å²) in [6.07, 6.45) is 0. The van der Waals surface area contributed by atoms with Crippen molar-refractivity contribution in [1.29, 1.82) is 0 Å². The first-order valence-electron chi connectivity index (χ1n) is 5.92. The normalized spacial score (nSPS) is 12.5. The summed E-state index contributed by atoms with van der Waals surface area (Å²) < 4.78 is 16.1. The summed E-state index contributed by atoms with van der Waals surface area (Å²) in [6.45, 7) is 2.06. The molecule has 1 atom stereocenters. The third kappa shape index (κ3) is 3.17. The predicted molar refractivity (Wildman–Crippen MR) is 88.9 cm³/mol. The molecular formula is C15H14BrFIN. The third-order valence-corrected chi connectivity index (χ3v) is 5.06. The van der Waals surface area contributed by atoms with Crippen molar-refractivity contribution in [2.75, 3.05) is 7.05 Å². The number of rotatable bonds is 3. The molecule has 100 valence electrons. The second-order valence-electron chi connectivity index (χ2n) is 4.37. The Morgan fingerprint density at radius 1 is 1.21 bits per heavy atom. The lowest BCUT2D eigenvalue weighted by molar-refractivity contribution is 0.574. The Labute approximate surface area is 134 Å². The van der Waals surface area contributed by atoms with Gasteiger partial charge in [0.2, 0.25) is 0 Å². The summed E-state index contributed by atoms with van der Waals surface area (Å²) in [5.41, 5.74) is 2.95. The summed E-state index contributed by atoms with van der Waals surface area (Å²) in [7, 11) is 1.85. The SMILES string of the molecule is CNC(c1cc(Br)ccc1F)c1cccc(C)c1I. The van der Waals surface area contributed by atoms with Gasteiger partial charge in [0.1, 0.15) is 5.82 Å². The van der Waals surface area contributed by atoms with E-state index in [4.69, 9.17) is 0 Å². The maximum absolute atomic E-state index is 14.1. The van der Waals surface area contributed by atoms with Crippen LogP contribution in [-0.2, 0) is 0 Å². The minimum atomic E-state index is -0.195. The number of hydrogen-bond acceptors (Lipinski definition) is 1. The first kappa shape index (κ1) is 14.9. The van der Waals surface area contributed by atoms with Crippen LogP contribution in [0.2, 0.25) is 0 Å². The molecule has 0 saturated heterocycles. The highest BCUT2D eigenvalue weighted by Crippen LogP contribution is 2.30. The Morgan fingerprint density at radius 2 is 1.95 bits per heavy atom. The van der Waals surface area contributed by atoms with Crippen molar-refractivity contribution in [1.82, 2.24) is 5.32 Å². The molecule has 0 spiro atoms. The van der Waals surface area contributed by atoms with Crippen LogP contribution in [-0.4, -0.2) is 7.05 Å². The fourth-order valence-corrected chi connectivity index (χ4v) is 3.16. The summed E-state index contributed by atoms with van der Waals surface area (Å²) >= 11 is 5.72. The number of hydrogen-bond donors (Lipinski definition) is 1. The second-order valence-corrected chi connectivity index (χ2v) is 6.36. The largest absolute Gasteiger partial charge is 0.309 e. The van der Waals surface area contributed by atoms with Gasteiger partial charge in [0.25, 0.3) is 0 Å². The molecule has 2 aromatic carbocycles. The van der Waals surface area contributed by atoms with Crippen LogP contribution in [0, 0.1) is 16.3 Å². The van der Waals surface area contributed by atoms with E-state index in [1.54, 1.807) is 6.07 Å². The van der Waals surface area contributed by atoms with E-state index in [1.165, 1.54) is 15.2 Å². The van der Waals surface area contributed by atoms with Gasteiger partial charge in [-0.3, -0.25) is 0 Å². The van der Waals surface area contributed by atoms with Gasteiger partial charge in [-0.1, -0.05) is 34.1 Å². The smallest absolute Gasteiger partial charge is 0.128 e. The van der Waals surface area contributed by atoms with Crippen LogP contribution in [0.1, 0.15) is 22.7 Å². The highest BCUT2D eigenvalue weighted by molar-refractivity contribution is 14.1. The van der Waals surface area contributed by atoms with Crippen molar-refractivity contribution in [3.63, 3.8) is 0 Å². The summed E-state index contributed by atoms with van der Waals surface area (Å²) in [6, 6.07) is 11.0. The summed E-state index contributed by atoms with van der Waals surface area (Å²) in [5, 5.41) is 3.21. The van der Waals surface area contributed by atoms with E-state index < -0.39 is 0 Å². The van der Waals surface area contributed by atoms with E-state index in [-0.39, 0.29) is 11.9 Å². The molecule has 0 fully saturated rings. The zero-order valence-corrected chi connectivity index (χ0v) is 14.4. The fourth-order valence-electron chi connectivity index (χ4n) is 2.11. The van der Waals surface area contributed by atoms with Crippen molar-refractivity contribution in [3.05, 3.63) is 66.9 Å². The number of halogens is 3. The van der Waals surface area contributed by atoms with E-state index in [2.05, 4.69) is 56.8 Å². The molecule has 0 amide bonds. The highest BCUT2D eigenvalue weighted by Gasteiger charge is 2.19. The van der Waals surface area contributed by atoms with Crippen molar-refractivity contribution < 1.29 is 4.39 Å². The molecule has 1 unspecified atom stereocenters. The van der Waals surface area contributed by atoms with Crippen molar-refractivity contribution in [3.8, 4) is 0 Å². The topological polar surface area (TPSA) is 12.0 Å². The molecular weight excluding hydrogens is 420 g/mol. The van der Waals surface area contributed by atoms with Gasteiger partial charge in [0.05, 0.1) is 6.04 Å². The Balaban J connectivity index is 2.56. The first-order valence-corrected chi connectivity index (χ1v) is 7.79. The molecule has 4 heteroatoms. The maximum atomic E-state index is 14.1. The van der Waals surface area contributed by atoms with Crippen LogP contribution in [0.15, 0.2) is 40.9 Å². The summed E-state index contributed by atoms with van der Waals surface area (Å²) in [5.74, 6) is -0.195. The lowest BCUT2D eigenvalue weighted by Gasteiger charge is -2.20. The third-order valence-electron chi connectivity index (χ3n) is 3.09. The molecule has 1 N–H and O–H groups in total. The Kier molecular flexibility index (Phi) is 4.97. The van der Waals surface area contributed by atoms with Crippen LogP contribution >= 0.6 is 38.5 Å². The molecule has 1 nitrogen and oxygen atoms in total. The van der Waals surface area contributed by atoms with Crippen molar-refractivity contribution in [2.45, 2.75) is 13.0 Å². The van der Waals surface area contributed by atoms with Crippen LogP contribution < -0.4 is 5.32 Å². The second kappa shape index (κ2) is 6.33. The fraction of sp³-hybridized carbons (Fsp3) is 0.200. The molecule has 0 radical (unpaired) electrons. The van der Waals surface area contributed by atoms with Gasteiger partial charge in [-0.2, -0.15) is 0 Å². The molecule has 0 saturated carbocycles. The maximum Gasteiger partial charge on any atom is 0.128 e. The van der Waals surface area contributed by atoms with Crippen LogP contribution in [0.3, 0.4) is 0 Å². The average molecular weight is 434 g/mol. The molecule has 0 aromatic heterocycles. The Bertz CT molecular complexity index is 599. The molecule has 2 aromatic rings. The van der Waals surface area contributed by atoms with Gasteiger partial charge >= 0.3 is 0 Å². The molecule has 0 heterocycles. The van der Waals surface area contributed by atoms with Crippen LogP contribution in [0.25, 0.3) is 0 Å². The van der Waals surface area contributed by atoms with E-state index >= 15 is 0 Å². The Morgan fingerprint density at radius 3 is 2.63 bits per heavy atom. The van der Waals surface area contributed by atoms with Crippen molar-refractivity contribution >= 4 is 38.5 Å². The lowest BCUT2D eigenvalue weighted by atomic mass is 9.97. The molecule has 0 aliphatic heterocycles. The van der Waals surface area contributed by atoms with E-state index in [0.29, 0.717) is 5.56 Å². The van der Waals surface area contributed by atoms with E-state index in [0.717, 1.165) is 10.0 Å². The highest BCUT2D eigenvalue weighted by atomic mass is 127. The zero-order chi connectivity index (χ0) is 14.0.